The van der Waals surface area contributed by atoms with Gasteiger partial charge in [-0.05, 0) is 52.9 Å². The van der Waals surface area contributed by atoms with E-state index >= 15 is 0 Å². The monoisotopic (exact) mass is 384 g/mol. The highest BCUT2D eigenvalue weighted by Crippen LogP contribution is 2.15. The fraction of sp³-hybridized carbons (Fsp3) is 0.167. The van der Waals surface area contributed by atoms with Crippen LogP contribution in [0.4, 0.5) is 4.79 Å². The van der Waals surface area contributed by atoms with Crippen LogP contribution in [0.5, 0.6) is 0 Å². The molecule has 2 N–H and O–H groups in total. The van der Waals surface area contributed by atoms with Gasteiger partial charge in [0.2, 0.25) is 0 Å². The van der Waals surface area contributed by atoms with E-state index in [0.717, 1.165) is 29.7 Å². The number of hydrogen-bond donors (Lipinski definition) is 2. The van der Waals surface area contributed by atoms with Crippen LogP contribution in [0.25, 0.3) is 16.5 Å². The smallest absolute Gasteiger partial charge is 0.315 e. The summed E-state index contributed by atoms with van der Waals surface area (Å²) in [7, 11) is 0. The largest absolute Gasteiger partial charge is 0.338 e. The van der Waals surface area contributed by atoms with E-state index in [2.05, 4.69) is 40.0 Å². The zero-order valence-electron chi connectivity index (χ0n) is 16.2. The maximum Gasteiger partial charge on any atom is 0.315 e. The molecule has 0 bridgehead atoms. The van der Waals surface area contributed by atoms with E-state index in [9.17, 15) is 4.79 Å². The van der Waals surface area contributed by atoms with Crippen molar-refractivity contribution < 1.29 is 4.79 Å². The molecule has 1 heterocycles. The summed E-state index contributed by atoms with van der Waals surface area (Å²) in [6.45, 7) is 1.14. The number of nitrogens with one attached hydrogen (secondary N) is 2. The first kappa shape index (κ1) is 18.7. The summed E-state index contributed by atoms with van der Waals surface area (Å²) < 4.78 is 1.87. The number of amides is 2. The van der Waals surface area contributed by atoms with Gasteiger partial charge in [-0.25, -0.2) is 9.48 Å². The topological polar surface area (TPSA) is 59.0 Å². The lowest BCUT2D eigenvalue weighted by Gasteiger charge is -2.08. The van der Waals surface area contributed by atoms with Crippen LogP contribution in [0.1, 0.15) is 17.5 Å². The third kappa shape index (κ3) is 5.02. The molecule has 0 aliphatic rings. The SMILES string of the molecule is O=C(NCCCc1cnn(-c2ccccc2)c1)NCc1ccc2ccccc2c1. The minimum absolute atomic E-state index is 0.141. The van der Waals surface area contributed by atoms with Gasteiger partial charge in [0.25, 0.3) is 0 Å². The molecule has 146 valence electrons. The molecule has 0 atom stereocenters. The van der Waals surface area contributed by atoms with Gasteiger partial charge in [0.1, 0.15) is 0 Å². The Kier molecular flexibility index (Phi) is 5.86. The molecule has 0 saturated heterocycles. The number of aromatic nitrogens is 2. The highest BCUT2D eigenvalue weighted by Gasteiger charge is 2.03. The van der Waals surface area contributed by atoms with Crippen molar-refractivity contribution in [3.63, 3.8) is 0 Å². The van der Waals surface area contributed by atoms with Crippen LogP contribution in [0.3, 0.4) is 0 Å². The lowest BCUT2D eigenvalue weighted by atomic mass is 10.1. The number of hydrogen-bond acceptors (Lipinski definition) is 2. The molecule has 0 unspecified atom stereocenters. The number of rotatable bonds is 7. The van der Waals surface area contributed by atoms with Gasteiger partial charge in [-0.2, -0.15) is 5.10 Å². The molecule has 0 aliphatic carbocycles. The number of fused-ring (bicyclic) bond motifs is 1. The van der Waals surface area contributed by atoms with Crippen LogP contribution in [0.15, 0.2) is 85.2 Å². The second-order valence-corrected chi connectivity index (χ2v) is 7.02. The summed E-state index contributed by atoms with van der Waals surface area (Å²) in [5.74, 6) is 0. The molecule has 5 nitrogen and oxygen atoms in total. The van der Waals surface area contributed by atoms with Crippen molar-refractivity contribution in [2.45, 2.75) is 19.4 Å². The Hall–Kier alpha value is -3.60. The zero-order valence-corrected chi connectivity index (χ0v) is 16.2. The average molecular weight is 384 g/mol. The zero-order chi connectivity index (χ0) is 19.9. The summed E-state index contributed by atoms with van der Waals surface area (Å²) in [4.78, 5) is 12.0. The Balaban J connectivity index is 1.19. The number of aryl methyl sites for hydroxylation is 1. The van der Waals surface area contributed by atoms with Crippen molar-refractivity contribution in [3.05, 3.63) is 96.3 Å². The maximum atomic E-state index is 12.0. The van der Waals surface area contributed by atoms with E-state index in [1.165, 1.54) is 10.8 Å². The maximum absolute atomic E-state index is 12.0. The Morgan fingerprint density at radius 1 is 0.862 bits per heavy atom. The van der Waals surface area contributed by atoms with Crippen molar-refractivity contribution in [3.8, 4) is 5.69 Å². The van der Waals surface area contributed by atoms with Crippen molar-refractivity contribution in [2.75, 3.05) is 6.54 Å². The van der Waals surface area contributed by atoms with E-state index < -0.39 is 0 Å². The van der Waals surface area contributed by atoms with E-state index in [1.54, 1.807) is 0 Å². The quantitative estimate of drug-likeness (QED) is 0.462. The van der Waals surface area contributed by atoms with Crippen LogP contribution in [0.2, 0.25) is 0 Å². The van der Waals surface area contributed by atoms with Gasteiger partial charge in [0, 0.05) is 19.3 Å². The highest BCUT2D eigenvalue weighted by atomic mass is 16.2. The van der Waals surface area contributed by atoms with Crippen LogP contribution >= 0.6 is 0 Å². The summed E-state index contributed by atoms with van der Waals surface area (Å²) in [5, 5.41) is 12.6. The first-order valence-electron chi connectivity index (χ1n) is 9.86. The molecule has 0 spiro atoms. The number of carbonyl (C=O) groups is 1. The molecule has 2 amide bonds. The standard InChI is InChI=1S/C24H24N4O/c29-24(26-16-19-12-13-21-8-4-5-9-22(21)15-19)25-14-6-7-20-17-27-28(18-20)23-10-2-1-3-11-23/h1-5,8-13,15,17-18H,6-7,14,16H2,(H2,25,26,29). The number of urea groups is 1. The molecule has 0 radical (unpaired) electrons. The molecule has 4 aromatic rings. The summed E-state index contributed by atoms with van der Waals surface area (Å²) in [5.41, 5.74) is 3.30. The van der Waals surface area contributed by atoms with Gasteiger partial charge in [-0.1, -0.05) is 54.6 Å². The normalized spacial score (nSPS) is 10.8. The van der Waals surface area contributed by atoms with Gasteiger partial charge in [-0.15, -0.1) is 0 Å². The molecule has 1 aromatic heterocycles. The highest BCUT2D eigenvalue weighted by molar-refractivity contribution is 5.83. The van der Waals surface area contributed by atoms with Gasteiger partial charge >= 0.3 is 6.03 Å². The number of benzene rings is 3. The van der Waals surface area contributed by atoms with E-state index in [0.29, 0.717) is 13.1 Å². The molecular weight excluding hydrogens is 360 g/mol. The Labute approximate surface area is 170 Å². The minimum atomic E-state index is -0.141. The Morgan fingerprint density at radius 2 is 1.66 bits per heavy atom. The van der Waals surface area contributed by atoms with Crippen molar-refractivity contribution in [1.29, 1.82) is 0 Å². The first-order valence-corrected chi connectivity index (χ1v) is 9.86. The number of carbonyl (C=O) groups excluding carboxylic acids is 1. The summed E-state index contributed by atoms with van der Waals surface area (Å²) >= 11 is 0. The predicted octanol–water partition coefficient (Wildman–Crippen LogP) is 4.46. The fourth-order valence-corrected chi connectivity index (χ4v) is 3.30. The lowest BCUT2D eigenvalue weighted by Crippen LogP contribution is -2.35. The van der Waals surface area contributed by atoms with Gasteiger partial charge in [0.15, 0.2) is 0 Å². The van der Waals surface area contributed by atoms with Crippen LogP contribution in [-0.4, -0.2) is 22.4 Å². The van der Waals surface area contributed by atoms with E-state index in [4.69, 9.17) is 0 Å². The predicted molar refractivity (Wildman–Crippen MR) is 116 cm³/mol. The molecule has 0 aliphatic heterocycles. The van der Waals surface area contributed by atoms with Crippen molar-refractivity contribution in [1.82, 2.24) is 20.4 Å². The third-order valence-electron chi connectivity index (χ3n) is 4.85. The van der Waals surface area contributed by atoms with Crippen LogP contribution in [-0.2, 0) is 13.0 Å². The minimum Gasteiger partial charge on any atom is -0.338 e. The van der Waals surface area contributed by atoms with Gasteiger partial charge < -0.3 is 10.6 Å². The second-order valence-electron chi connectivity index (χ2n) is 7.02. The molecule has 0 saturated carbocycles. The van der Waals surface area contributed by atoms with Gasteiger partial charge in [-0.3, -0.25) is 0 Å². The summed E-state index contributed by atoms with van der Waals surface area (Å²) in [6.07, 6.45) is 5.66. The second kappa shape index (κ2) is 9.06. The van der Waals surface area contributed by atoms with Crippen LogP contribution in [0, 0.1) is 0 Å². The molecule has 5 heteroatoms. The van der Waals surface area contributed by atoms with E-state index in [1.807, 2.05) is 65.6 Å². The van der Waals surface area contributed by atoms with Crippen molar-refractivity contribution >= 4 is 16.8 Å². The molecular formula is C24H24N4O. The molecule has 0 fully saturated rings. The third-order valence-corrected chi connectivity index (χ3v) is 4.85. The first-order chi connectivity index (χ1) is 14.3. The number of nitrogens with zero attached hydrogens (tertiary/aromatic N) is 2. The number of para-hydroxylation sites is 1. The summed E-state index contributed by atoms with van der Waals surface area (Å²) in [6, 6.07) is 24.4. The lowest BCUT2D eigenvalue weighted by molar-refractivity contribution is 0.240. The van der Waals surface area contributed by atoms with Crippen LogP contribution < -0.4 is 10.6 Å². The van der Waals surface area contributed by atoms with Crippen molar-refractivity contribution in [2.24, 2.45) is 0 Å². The Bertz CT molecular complexity index is 1090. The Morgan fingerprint density at radius 3 is 2.52 bits per heavy atom. The molecule has 3 aromatic carbocycles. The fourth-order valence-electron chi connectivity index (χ4n) is 3.30. The molecule has 29 heavy (non-hydrogen) atoms. The average Bonchev–Trinajstić information content (AvgIpc) is 3.25. The van der Waals surface area contributed by atoms with E-state index in [-0.39, 0.29) is 6.03 Å². The van der Waals surface area contributed by atoms with Gasteiger partial charge in [0.05, 0.1) is 11.9 Å². The molecule has 4 rings (SSSR count).